The minimum absolute atomic E-state index is 0.209. The van der Waals surface area contributed by atoms with Gasteiger partial charge < -0.3 is 65.1 Å². The first-order valence-corrected chi connectivity index (χ1v) is 28.9. The number of carbonyl (C=O) groups is 1. The van der Waals surface area contributed by atoms with E-state index in [2.05, 4.69) is 67.8 Å². The van der Waals surface area contributed by atoms with Crippen LogP contribution in [0.5, 0.6) is 0 Å². The second kappa shape index (κ2) is 44.1. The molecule has 0 aromatic carbocycles. The van der Waals surface area contributed by atoms with Gasteiger partial charge in [0, 0.05) is 6.42 Å². The number of hydrogen-bond donors (Lipinski definition) is 9. The molecular weight excluding hydrogens is 919 g/mol. The highest BCUT2D eigenvalue weighted by atomic mass is 16.7. The van der Waals surface area contributed by atoms with Crippen LogP contribution in [0, 0.1) is 0 Å². The average molecular weight is 1020 g/mol. The summed E-state index contributed by atoms with van der Waals surface area (Å²) in [5, 5.41) is 87.0. The summed E-state index contributed by atoms with van der Waals surface area (Å²) in [7, 11) is 0. The van der Waals surface area contributed by atoms with Crippen LogP contribution in [0.3, 0.4) is 0 Å². The molecule has 2 aliphatic heterocycles. The van der Waals surface area contributed by atoms with Crippen LogP contribution in [0.15, 0.2) is 48.6 Å². The highest BCUT2D eigenvalue weighted by Crippen LogP contribution is 2.30. The van der Waals surface area contributed by atoms with Gasteiger partial charge in [0.05, 0.1) is 32.0 Å². The number of aliphatic hydroxyl groups is 8. The number of nitrogens with one attached hydrogen (secondary N) is 1. The summed E-state index contributed by atoms with van der Waals surface area (Å²) < 4.78 is 22.8. The van der Waals surface area contributed by atoms with E-state index in [4.69, 9.17) is 18.9 Å². The lowest BCUT2D eigenvalue weighted by molar-refractivity contribution is -0.359. The van der Waals surface area contributed by atoms with Gasteiger partial charge in [-0.05, 0) is 51.4 Å². The Morgan fingerprint density at radius 1 is 0.514 bits per heavy atom. The highest BCUT2D eigenvalue weighted by molar-refractivity contribution is 5.76. The van der Waals surface area contributed by atoms with Gasteiger partial charge in [0.2, 0.25) is 5.91 Å². The smallest absolute Gasteiger partial charge is 0.220 e. The molecule has 2 fully saturated rings. The van der Waals surface area contributed by atoms with Gasteiger partial charge in [0.25, 0.3) is 0 Å². The predicted octanol–water partition coefficient (Wildman–Crippen LogP) is 9.22. The Morgan fingerprint density at radius 3 is 1.47 bits per heavy atom. The van der Waals surface area contributed by atoms with Crippen LogP contribution in [-0.4, -0.2) is 140 Å². The SMILES string of the molecule is CC/C=C\C/C=C\C/C=C\C/C=C\CCCCCCCCCCCCCCCCC(=O)NC(COC1OC(CO)C(OC2OC(CO)C(O)C(O)C2O)C(O)C1O)C(O)CCCCCCCCCCCCC. The second-order valence-electron chi connectivity index (χ2n) is 20.4. The number of amides is 1. The van der Waals surface area contributed by atoms with Gasteiger partial charge >= 0.3 is 0 Å². The Hall–Kier alpha value is -2.05. The zero-order valence-corrected chi connectivity index (χ0v) is 44.9. The Labute approximate surface area is 435 Å². The van der Waals surface area contributed by atoms with Crippen molar-refractivity contribution in [2.24, 2.45) is 0 Å². The largest absolute Gasteiger partial charge is 0.394 e. The Bertz CT molecular complexity index is 1390. The first-order valence-electron chi connectivity index (χ1n) is 28.9. The van der Waals surface area contributed by atoms with Gasteiger partial charge in [0.1, 0.15) is 48.8 Å². The standard InChI is InChI=1S/C58H105NO13/c1-3-5-7-9-11-13-15-16-17-18-19-20-21-22-23-24-25-26-27-28-29-30-32-34-36-38-40-42-50(63)59-46(47(62)41-39-37-35-33-31-14-12-10-8-6-4-2)45-69-57-55(68)53(66)56(49(44-61)71-57)72-58-54(67)52(65)51(64)48(43-60)70-58/h5,7,11,13,16-17,19-20,46-49,51-58,60-62,64-68H,3-4,6,8-10,12,14-15,18,21-45H2,1-2H3,(H,59,63)/b7-5-,13-11-,17-16-,20-19-. The van der Waals surface area contributed by atoms with Gasteiger partial charge in [-0.1, -0.05) is 210 Å². The molecule has 0 aromatic rings. The van der Waals surface area contributed by atoms with Crippen molar-refractivity contribution in [1.29, 1.82) is 0 Å². The first-order chi connectivity index (χ1) is 35.1. The van der Waals surface area contributed by atoms with Crippen molar-refractivity contribution < 1.29 is 64.6 Å². The maximum Gasteiger partial charge on any atom is 0.220 e. The topological polar surface area (TPSA) is 228 Å². The van der Waals surface area contributed by atoms with E-state index in [9.17, 15) is 45.6 Å². The Kier molecular flexibility index (Phi) is 40.5. The lowest BCUT2D eigenvalue weighted by atomic mass is 9.97. The lowest BCUT2D eigenvalue weighted by Crippen LogP contribution is -2.65. The number of ether oxygens (including phenoxy) is 4. The van der Waals surface area contributed by atoms with Gasteiger partial charge in [-0.15, -0.1) is 0 Å². The maximum absolute atomic E-state index is 13.2. The van der Waals surface area contributed by atoms with Crippen LogP contribution in [0.2, 0.25) is 0 Å². The third-order valence-electron chi connectivity index (χ3n) is 14.1. The number of unbranched alkanes of at least 4 members (excludes halogenated alkanes) is 24. The summed E-state index contributed by atoms with van der Waals surface area (Å²) in [6, 6.07) is -0.828. The van der Waals surface area contributed by atoms with Gasteiger partial charge in [-0.3, -0.25) is 4.79 Å². The van der Waals surface area contributed by atoms with Crippen LogP contribution in [-0.2, 0) is 23.7 Å². The molecule has 2 heterocycles. The monoisotopic (exact) mass is 1020 g/mol. The van der Waals surface area contributed by atoms with Crippen molar-refractivity contribution >= 4 is 5.91 Å². The van der Waals surface area contributed by atoms with E-state index >= 15 is 0 Å². The molecule has 0 aliphatic carbocycles. The average Bonchev–Trinajstić information content (AvgIpc) is 3.38. The highest BCUT2D eigenvalue weighted by Gasteiger charge is 2.51. The number of allylic oxidation sites excluding steroid dienone is 8. The van der Waals surface area contributed by atoms with Gasteiger partial charge in [-0.25, -0.2) is 0 Å². The molecule has 0 aromatic heterocycles. The van der Waals surface area contributed by atoms with Crippen LogP contribution < -0.4 is 5.32 Å². The van der Waals surface area contributed by atoms with Gasteiger partial charge in [0.15, 0.2) is 12.6 Å². The van der Waals surface area contributed by atoms with Crippen molar-refractivity contribution in [2.45, 2.75) is 293 Å². The molecule has 0 saturated carbocycles. The van der Waals surface area contributed by atoms with Crippen molar-refractivity contribution in [3.05, 3.63) is 48.6 Å². The zero-order valence-electron chi connectivity index (χ0n) is 44.9. The summed E-state index contributed by atoms with van der Waals surface area (Å²) in [6.45, 7) is 2.73. The fourth-order valence-electron chi connectivity index (χ4n) is 9.40. The summed E-state index contributed by atoms with van der Waals surface area (Å²) in [4.78, 5) is 13.2. The Balaban J connectivity index is 1.69. The van der Waals surface area contributed by atoms with Crippen LogP contribution in [0.1, 0.15) is 219 Å². The molecule has 1 amide bonds. The van der Waals surface area contributed by atoms with E-state index in [1.807, 2.05) is 0 Å². The molecule has 14 heteroatoms. The van der Waals surface area contributed by atoms with E-state index < -0.39 is 86.8 Å². The zero-order chi connectivity index (χ0) is 52.4. The summed E-state index contributed by atoms with van der Waals surface area (Å²) >= 11 is 0. The predicted molar refractivity (Wildman–Crippen MR) is 286 cm³/mol. The summed E-state index contributed by atoms with van der Waals surface area (Å²) in [5.41, 5.74) is 0. The number of rotatable bonds is 45. The molecule has 9 N–H and O–H groups in total. The molecule has 2 rings (SSSR count). The molecule has 2 aliphatic rings. The molecule has 0 radical (unpaired) electrons. The van der Waals surface area contributed by atoms with Crippen LogP contribution in [0.4, 0.5) is 0 Å². The third kappa shape index (κ3) is 29.9. The minimum atomic E-state index is -1.78. The second-order valence-corrected chi connectivity index (χ2v) is 20.4. The lowest BCUT2D eigenvalue weighted by Gasteiger charge is -2.46. The van der Waals surface area contributed by atoms with E-state index in [1.165, 1.54) is 116 Å². The number of carbonyl (C=O) groups excluding carboxylic acids is 1. The molecule has 12 atom stereocenters. The first kappa shape index (κ1) is 66.1. The molecule has 12 unspecified atom stereocenters. The number of hydrogen-bond acceptors (Lipinski definition) is 13. The maximum atomic E-state index is 13.2. The van der Waals surface area contributed by atoms with Crippen molar-refractivity contribution in [3.63, 3.8) is 0 Å². The minimum Gasteiger partial charge on any atom is -0.394 e. The van der Waals surface area contributed by atoms with E-state index in [0.717, 1.165) is 77.0 Å². The molecule has 0 bridgehead atoms. The quantitative estimate of drug-likeness (QED) is 0.0205. The molecular formula is C58H105NO13. The van der Waals surface area contributed by atoms with Gasteiger partial charge in [-0.2, -0.15) is 0 Å². The molecule has 420 valence electrons. The van der Waals surface area contributed by atoms with Crippen molar-refractivity contribution in [2.75, 3.05) is 19.8 Å². The van der Waals surface area contributed by atoms with Crippen molar-refractivity contribution in [1.82, 2.24) is 5.32 Å². The van der Waals surface area contributed by atoms with Crippen molar-refractivity contribution in [3.8, 4) is 0 Å². The fourth-order valence-corrected chi connectivity index (χ4v) is 9.40. The molecule has 72 heavy (non-hydrogen) atoms. The summed E-state index contributed by atoms with van der Waals surface area (Å²) in [5.74, 6) is -0.209. The normalized spacial score (nSPS) is 25.9. The summed E-state index contributed by atoms with van der Waals surface area (Å²) in [6.07, 6.45) is 36.9. The fraction of sp³-hybridized carbons (Fsp3) is 0.845. The van der Waals surface area contributed by atoms with E-state index in [1.54, 1.807) is 0 Å². The Morgan fingerprint density at radius 2 is 0.958 bits per heavy atom. The van der Waals surface area contributed by atoms with E-state index in [0.29, 0.717) is 12.8 Å². The van der Waals surface area contributed by atoms with Crippen LogP contribution >= 0.6 is 0 Å². The third-order valence-corrected chi connectivity index (χ3v) is 14.1. The molecule has 2 saturated heterocycles. The van der Waals surface area contributed by atoms with E-state index in [-0.39, 0.29) is 12.5 Å². The molecule has 0 spiro atoms. The number of aliphatic hydroxyl groups excluding tert-OH is 8. The molecule has 14 nitrogen and oxygen atoms in total. The van der Waals surface area contributed by atoms with Crippen LogP contribution in [0.25, 0.3) is 0 Å².